The van der Waals surface area contributed by atoms with Gasteiger partial charge in [0.2, 0.25) is 11.1 Å². The van der Waals surface area contributed by atoms with Crippen LogP contribution in [0.15, 0.2) is 64.5 Å². The Balaban J connectivity index is 1.38. The molecule has 35 heavy (non-hydrogen) atoms. The summed E-state index contributed by atoms with van der Waals surface area (Å²) in [6, 6.07) is 17.5. The summed E-state index contributed by atoms with van der Waals surface area (Å²) in [5.41, 5.74) is 3.90. The van der Waals surface area contributed by atoms with Crippen LogP contribution in [0.5, 0.6) is 0 Å². The average Bonchev–Trinajstić information content (AvgIpc) is 3.29. The number of nitrogens with one attached hydrogen (secondary N) is 1. The van der Waals surface area contributed by atoms with Gasteiger partial charge in [0.25, 0.3) is 5.56 Å². The van der Waals surface area contributed by atoms with Crippen LogP contribution in [-0.2, 0) is 11.8 Å². The van der Waals surface area contributed by atoms with Crippen LogP contribution in [0, 0.1) is 6.92 Å². The average molecular weight is 488 g/mol. The van der Waals surface area contributed by atoms with Crippen molar-refractivity contribution in [3.63, 3.8) is 0 Å². The highest BCUT2D eigenvalue weighted by molar-refractivity contribution is 7.99. The molecule has 9 nitrogen and oxygen atoms in total. The van der Waals surface area contributed by atoms with E-state index in [1.165, 1.54) is 16.4 Å². The zero-order chi connectivity index (χ0) is 24.7. The predicted octanol–water partition coefficient (Wildman–Crippen LogP) is 4.09. The van der Waals surface area contributed by atoms with E-state index in [2.05, 4.69) is 33.9 Å². The number of benzene rings is 2. The molecule has 0 atom stereocenters. The second-order valence-corrected chi connectivity index (χ2v) is 9.46. The van der Waals surface area contributed by atoms with Crippen molar-refractivity contribution in [2.75, 3.05) is 11.1 Å². The van der Waals surface area contributed by atoms with Crippen molar-refractivity contribution in [2.24, 2.45) is 7.05 Å². The van der Waals surface area contributed by atoms with Crippen molar-refractivity contribution in [1.82, 2.24) is 29.1 Å². The van der Waals surface area contributed by atoms with Crippen molar-refractivity contribution in [2.45, 2.75) is 32.0 Å². The van der Waals surface area contributed by atoms with Crippen LogP contribution in [-0.4, -0.2) is 40.8 Å². The molecular weight excluding hydrogens is 462 g/mol. The number of rotatable bonds is 6. The molecule has 10 heteroatoms. The van der Waals surface area contributed by atoms with Gasteiger partial charge in [-0.2, -0.15) is 0 Å². The zero-order valence-electron chi connectivity index (χ0n) is 19.9. The molecule has 2 aromatic carbocycles. The van der Waals surface area contributed by atoms with Gasteiger partial charge in [-0.05, 0) is 39.0 Å². The number of para-hydroxylation sites is 2. The van der Waals surface area contributed by atoms with E-state index < -0.39 is 0 Å². The SMILES string of the molecule is Cc1c(NC(=O)CSc2nnc3c4ccccc4n(C(C)C)c3n2)c(=O)n(-c2ccccc2)n1C. The van der Waals surface area contributed by atoms with Crippen molar-refractivity contribution < 1.29 is 4.79 Å². The third-order valence-electron chi connectivity index (χ3n) is 5.96. The van der Waals surface area contributed by atoms with Gasteiger partial charge in [-0.15, -0.1) is 10.2 Å². The first-order valence-electron chi connectivity index (χ1n) is 11.3. The first-order valence-corrected chi connectivity index (χ1v) is 12.3. The van der Waals surface area contributed by atoms with Gasteiger partial charge in [0.15, 0.2) is 5.65 Å². The van der Waals surface area contributed by atoms with Crippen LogP contribution in [0.3, 0.4) is 0 Å². The number of hydrogen-bond donors (Lipinski definition) is 1. The molecule has 0 spiro atoms. The molecule has 1 amide bonds. The number of hydrogen-bond acceptors (Lipinski definition) is 6. The smallest absolute Gasteiger partial charge is 0.295 e. The maximum atomic E-state index is 13.0. The van der Waals surface area contributed by atoms with E-state index in [0.29, 0.717) is 10.9 Å². The molecule has 5 aromatic rings. The third kappa shape index (κ3) is 3.99. The van der Waals surface area contributed by atoms with Gasteiger partial charge in [-0.25, -0.2) is 9.67 Å². The first-order chi connectivity index (χ1) is 16.9. The molecule has 0 aliphatic heterocycles. The molecule has 0 saturated carbocycles. The monoisotopic (exact) mass is 487 g/mol. The Morgan fingerprint density at radius 2 is 1.77 bits per heavy atom. The fraction of sp³-hybridized carbons (Fsp3) is 0.240. The number of aromatic nitrogens is 6. The Morgan fingerprint density at radius 3 is 2.51 bits per heavy atom. The lowest BCUT2D eigenvalue weighted by atomic mass is 10.2. The second-order valence-electron chi connectivity index (χ2n) is 8.52. The maximum Gasteiger partial charge on any atom is 0.295 e. The van der Waals surface area contributed by atoms with E-state index in [1.807, 2.05) is 54.6 Å². The summed E-state index contributed by atoms with van der Waals surface area (Å²) in [5.74, 6) is -0.261. The summed E-state index contributed by atoms with van der Waals surface area (Å²) in [5, 5.41) is 12.8. The maximum absolute atomic E-state index is 13.0. The molecule has 0 unspecified atom stereocenters. The second kappa shape index (κ2) is 9.03. The number of carbonyl (C=O) groups is 1. The fourth-order valence-corrected chi connectivity index (χ4v) is 4.83. The molecule has 0 fully saturated rings. The number of fused-ring (bicyclic) bond motifs is 3. The molecule has 1 N–H and O–H groups in total. The lowest BCUT2D eigenvalue weighted by Gasteiger charge is -2.10. The van der Waals surface area contributed by atoms with E-state index in [1.54, 1.807) is 18.7 Å². The largest absolute Gasteiger partial charge is 0.321 e. The lowest BCUT2D eigenvalue weighted by molar-refractivity contribution is -0.113. The van der Waals surface area contributed by atoms with Crippen molar-refractivity contribution >= 4 is 45.4 Å². The molecule has 0 saturated heterocycles. The minimum Gasteiger partial charge on any atom is -0.321 e. The summed E-state index contributed by atoms with van der Waals surface area (Å²) < 4.78 is 5.39. The Morgan fingerprint density at radius 1 is 1.06 bits per heavy atom. The van der Waals surface area contributed by atoms with Gasteiger partial charge in [0, 0.05) is 18.5 Å². The van der Waals surface area contributed by atoms with Crippen LogP contribution >= 0.6 is 11.8 Å². The number of carbonyl (C=O) groups excluding carboxylic acids is 1. The summed E-state index contributed by atoms with van der Waals surface area (Å²) in [6.07, 6.45) is 0. The highest BCUT2D eigenvalue weighted by Crippen LogP contribution is 2.30. The highest BCUT2D eigenvalue weighted by Gasteiger charge is 2.20. The minimum absolute atomic E-state index is 0.0498. The normalized spacial score (nSPS) is 11.6. The summed E-state index contributed by atoms with van der Waals surface area (Å²) in [4.78, 5) is 30.5. The van der Waals surface area contributed by atoms with Gasteiger partial charge >= 0.3 is 0 Å². The summed E-state index contributed by atoms with van der Waals surface area (Å²) in [7, 11) is 1.79. The number of thioether (sulfide) groups is 1. The Hall–Kier alpha value is -3.92. The van der Waals surface area contributed by atoms with Crippen molar-refractivity contribution in [3.8, 4) is 5.69 Å². The molecule has 0 aliphatic carbocycles. The van der Waals surface area contributed by atoms with E-state index in [-0.39, 0.29) is 28.9 Å². The van der Waals surface area contributed by atoms with Crippen molar-refractivity contribution in [3.05, 3.63) is 70.6 Å². The predicted molar refractivity (Wildman–Crippen MR) is 138 cm³/mol. The van der Waals surface area contributed by atoms with Gasteiger partial charge in [-0.3, -0.25) is 14.3 Å². The number of amides is 1. The van der Waals surface area contributed by atoms with Gasteiger partial charge in [-0.1, -0.05) is 48.2 Å². The number of nitrogens with zero attached hydrogens (tertiary/aromatic N) is 6. The van der Waals surface area contributed by atoms with E-state index in [9.17, 15) is 9.59 Å². The topological polar surface area (TPSA) is 99.6 Å². The molecular formula is C25H25N7O2S. The molecule has 3 aromatic heterocycles. The minimum atomic E-state index is -0.311. The molecule has 0 radical (unpaired) electrons. The standard InChI is InChI=1S/C25H25N7O2S/c1-15(2)31-19-13-9-8-12-18(19)22-23(31)27-25(29-28-22)35-14-20(33)26-21-16(3)30(4)32(24(21)34)17-10-6-5-7-11-17/h5-13,15H,14H2,1-4H3,(H,26,33). The van der Waals surface area contributed by atoms with Gasteiger partial charge < -0.3 is 9.88 Å². The molecule has 5 rings (SSSR count). The molecule has 0 bridgehead atoms. The molecule has 0 aliphatic rings. The highest BCUT2D eigenvalue weighted by atomic mass is 32.2. The third-order valence-corrected chi connectivity index (χ3v) is 6.80. The van der Waals surface area contributed by atoms with Gasteiger partial charge in [0.1, 0.15) is 11.2 Å². The van der Waals surface area contributed by atoms with Crippen LogP contribution in [0.25, 0.3) is 27.8 Å². The van der Waals surface area contributed by atoms with Crippen molar-refractivity contribution in [1.29, 1.82) is 0 Å². The van der Waals surface area contributed by atoms with Crippen LogP contribution in [0.1, 0.15) is 25.6 Å². The Labute approximate surface area is 205 Å². The number of anilines is 1. The van der Waals surface area contributed by atoms with E-state index in [0.717, 1.165) is 27.8 Å². The van der Waals surface area contributed by atoms with Crippen LogP contribution < -0.4 is 10.9 Å². The Bertz CT molecular complexity index is 1620. The molecule has 3 heterocycles. The summed E-state index contributed by atoms with van der Waals surface area (Å²) >= 11 is 1.19. The molecule has 178 valence electrons. The Kier molecular flexibility index (Phi) is 5.89. The van der Waals surface area contributed by atoms with E-state index >= 15 is 0 Å². The zero-order valence-corrected chi connectivity index (χ0v) is 20.7. The van der Waals surface area contributed by atoms with Crippen LogP contribution in [0.4, 0.5) is 5.69 Å². The van der Waals surface area contributed by atoms with Gasteiger partial charge in [0.05, 0.1) is 22.7 Å². The fourth-order valence-electron chi connectivity index (χ4n) is 4.25. The van der Waals surface area contributed by atoms with E-state index in [4.69, 9.17) is 4.98 Å². The lowest BCUT2D eigenvalue weighted by Crippen LogP contribution is -2.23. The first kappa shape index (κ1) is 22.9. The quantitative estimate of drug-likeness (QED) is 0.362. The van der Waals surface area contributed by atoms with Crippen LogP contribution in [0.2, 0.25) is 0 Å². The summed E-state index contributed by atoms with van der Waals surface area (Å²) in [6.45, 7) is 5.99.